The standard InChI is InChI=1S/C12H15NO3/c1-7-4-9(7)6-13-12(16)8-2-3-10(14)11(15)5-8/h2-3,5,7,9,14-15H,4,6H2,1H3,(H,13,16). The zero-order chi connectivity index (χ0) is 11.7. The average molecular weight is 221 g/mol. The molecule has 1 saturated carbocycles. The molecule has 0 saturated heterocycles. The Morgan fingerprint density at radius 1 is 1.44 bits per heavy atom. The molecule has 0 spiro atoms. The van der Waals surface area contributed by atoms with Crippen molar-refractivity contribution in [2.24, 2.45) is 11.8 Å². The number of aromatic hydroxyl groups is 2. The molecule has 2 atom stereocenters. The van der Waals surface area contributed by atoms with E-state index in [9.17, 15) is 9.90 Å². The fraction of sp³-hybridized carbons (Fsp3) is 0.417. The van der Waals surface area contributed by atoms with Crippen molar-refractivity contribution in [2.75, 3.05) is 6.54 Å². The van der Waals surface area contributed by atoms with Gasteiger partial charge in [0.25, 0.3) is 5.91 Å². The molecule has 1 aliphatic carbocycles. The molecule has 1 aromatic rings. The smallest absolute Gasteiger partial charge is 0.251 e. The second-order valence-corrected chi connectivity index (χ2v) is 4.39. The number of hydrogen-bond donors (Lipinski definition) is 3. The minimum Gasteiger partial charge on any atom is -0.504 e. The number of phenolic OH excluding ortho intramolecular Hbond substituents is 2. The summed E-state index contributed by atoms with van der Waals surface area (Å²) in [7, 11) is 0. The third-order valence-corrected chi connectivity index (χ3v) is 3.04. The molecule has 86 valence electrons. The van der Waals surface area contributed by atoms with Gasteiger partial charge in [0.1, 0.15) is 0 Å². The highest BCUT2D eigenvalue weighted by molar-refractivity contribution is 5.94. The van der Waals surface area contributed by atoms with Gasteiger partial charge in [0, 0.05) is 12.1 Å². The molecule has 3 N–H and O–H groups in total. The van der Waals surface area contributed by atoms with Crippen molar-refractivity contribution < 1.29 is 15.0 Å². The number of amides is 1. The number of phenols is 2. The van der Waals surface area contributed by atoms with E-state index in [4.69, 9.17) is 5.11 Å². The summed E-state index contributed by atoms with van der Waals surface area (Å²) in [5.41, 5.74) is 0.364. The van der Waals surface area contributed by atoms with Crippen molar-refractivity contribution in [3.05, 3.63) is 23.8 Å². The van der Waals surface area contributed by atoms with Gasteiger partial charge < -0.3 is 15.5 Å². The van der Waals surface area contributed by atoms with Crippen LogP contribution in [-0.2, 0) is 0 Å². The first-order valence-electron chi connectivity index (χ1n) is 5.38. The van der Waals surface area contributed by atoms with Crippen LogP contribution >= 0.6 is 0 Å². The van der Waals surface area contributed by atoms with Crippen LogP contribution in [0.5, 0.6) is 11.5 Å². The molecule has 0 radical (unpaired) electrons. The van der Waals surface area contributed by atoms with E-state index in [0.717, 1.165) is 0 Å². The fourth-order valence-electron chi connectivity index (χ4n) is 1.67. The maximum atomic E-state index is 11.6. The molecule has 4 heteroatoms. The number of rotatable bonds is 3. The molecule has 1 amide bonds. The topological polar surface area (TPSA) is 69.6 Å². The van der Waals surface area contributed by atoms with E-state index in [1.807, 2.05) is 0 Å². The van der Waals surface area contributed by atoms with Gasteiger partial charge in [-0.25, -0.2) is 0 Å². The van der Waals surface area contributed by atoms with Gasteiger partial charge in [-0.05, 0) is 36.5 Å². The van der Waals surface area contributed by atoms with E-state index in [-0.39, 0.29) is 17.4 Å². The van der Waals surface area contributed by atoms with E-state index < -0.39 is 0 Å². The maximum Gasteiger partial charge on any atom is 0.251 e. The van der Waals surface area contributed by atoms with Crippen LogP contribution in [-0.4, -0.2) is 22.7 Å². The molecule has 16 heavy (non-hydrogen) atoms. The summed E-state index contributed by atoms with van der Waals surface area (Å²) in [5.74, 6) is 0.595. The van der Waals surface area contributed by atoms with Crippen molar-refractivity contribution in [1.82, 2.24) is 5.32 Å². The molecule has 1 fully saturated rings. The van der Waals surface area contributed by atoms with Crippen LogP contribution in [0, 0.1) is 11.8 Å². The SMILES string of the molecule is CC1CC1CNC(=O)c1ccc(O)c(O)c1. The molecule has 0 bridgehead atoms. The van der Waals surface area contributed by atoms with Crippen molar-refractivity contribution in [1.29, 1.82) is 0 Å². The highest BCUT2D eigenvalue weighted by Crippen LogP contribution is 2.36. The first kappa shape index (κ1) is 10.8. The summed E-state index contributed by atoms with van der Waals surface area (Å²) in [5, 5.41) is 21.2. The molecule has 0 heterocycles. The Labute approximate surface area is 93.9 Å². The van der Waals surface area contributed by atoms with Crippen LogP contribution in [0.2, 0.25) is 0 Å². The molecule has 4 nitrogen and oxygen atoms in total. The van der Waals surface area contributed by atoms with Crippen molar-refractivity contribution >= 4 is 5.91 Å². The number of carbonyl (C=O) groups is 1. The third-order valence-electron chi connectivity index (χ3n) is 3.04. The van der Waals surface area contributed by atoms with Crippen LogP contribution in [0.3, 0.4) is 0 Å². The van der Waals surface area contributed by atoms with E-state index in [0.29, 0.717) is 23.9 Å². The summed E-state index contributed by atoms with van der Waals surface area (Å²) < 4.78 is 0. The molecule has 0 aromatic heterocycles. The minimum atomic E-state index is -0.271. The Kier molecular flexibility index (Phi) is 2.73. The van der Waals surface area contributed by atoms with Gasteiger partial charge in [-0.1, -0.05) is 6.92 Å². The van der Waals surface area contributed by atoms with Gasteiger partial charge in [-0.2, -0.15) is 0 Å². The minimum absolute atomic E-state index is 0.214. The van der Waals surface area contributed by atoms with Gasteiger partial charge >= 0.3 is 0 Å². The van der Waals surface area contributed by atoms with E-state index in [1.165, 1.54) is 24.6 Å². The molecular formula is C12H15NO3. The average Bonchev–Trinajstić information content (AvgIpc) is 2.95. The molecule has 1 aromatic carbocycles. The normalized spacial score (nSPS) is 22.8. The predicted molar refractivity (Wildman–Crippen MR) is 59.4 cm³/mol. The Morgan fingerprint density at radius 3 is 2.69 bits per heavy atom. The first-order chi connectivity index (χ1) is 7.58. The second kappa shape index (κ2) is 4.04. The third kappa shape index (κ3) is 2.27. The molecule has 2 rings (SSSR count). The molecule has 0 aliphatic heterocycles. The maximum absolute atomic E-state index is 11.6. The Balaban J connectivity index is 1.95. The zero-order valence-electron chi connectivity index (χ0n) is 9.10. The van der Waals surface area contributed by atoms with Crippen LogP contribution in [0.4, 0.5) is 0 Å². The molecule has 1 aliphatic rings. The van der Waals surface area contributed by atoms with Gasteiger partial charge in [0.15, 0.2) is 11.5 Å². The fourth-order valence-corrected chi connectivity index (χ4v) is 1.67. The quantitative estimate of drug-likeness (QED) is 0.677. The van der Waals surface area contributed by atoms with Crippen LogP contribution in [0.1, 0.15) is 23.7 Å². The highest BCUT2D eigenvalue weighted by atomic mass is 16.3. The van der Waals surface area contributed by atoms with Crippen molar-refractivity contribution in [3.8, 4) is 11.5 Å². The lowest BCUT2D eigenvalue weighted by Gasteiger charge is -2.05. The van der Waals surface area contributed by atoms with Crippen LogP contribution < -0.4 is 5.32 Å². The number of benzene rings is 1. The zero-order valence-corrected chi connectivity index (χ0v) is 9.10. The number of nitrogens with one attached hydrogen (secondary N) is 1. The lowest BCUT2D eigenvalue weighted by atomic mass is 10.2. The van der Waals surface area contributed by atoms with Gasteiger partial charge in [0.05, 0.1) is 0 Å². The lowest BCUT2D eigenvalue weighted by molar-refractivity contribution is 0.0951. The van der Waals surface area contributed by atoms with E-state index in [2.05, 4.69) is 12.2 Å². The summed E-state index contributed by atoms with van der Waals surface area (Å²) in [6.07, 6.45) is 1.17. The summed E-state index contributed by atoms with van der Waals surface area (Å²) >= 11 is 0. The Bertz CT molecular complexity index is 417. The number of hydrogen-bond acceptors (Lipinski definition) is 3. The highest BCUT2D eigenvalue weighted by Gasteiger charge is 2.32. The van der Waals surface area contributed by atoms with Crippen LogP contribution in [0.25, 0.3) is 0 Å². The summed E-state index contributed by atoms with van der Waals surface area (Å²) in [6, 6.07) is 4.06. The molecule has 2 unspecified atom stereocenters. The lowest BCUT2D eigenvalue weighted by Crippen LogP contribution is -2.25. The van der Waals surface area contributed by atoms with Gasteiger partial charge in [0.2, 0.25) is 0 Å². The van der Waals surface area contributed by atoms with Gasteiger partial charge in [-0.15, -0.1) is 0 Å². The Hall–Kier alpha value is -1.71. The first-order valence-corrected chi connectivity index (χ1v) is 5.38. The van der Waals surface area contributed by atoms with Crippen LogP contribution in [0.15, 0.2) is 18.2 Å². The van der Waals surface area contributed by atoms with Gasteiger partial charge in [-0.3, -0.25) is 4.79 Å². The summed E-state index contributed by atoms with van der Waals surface area (Å²) in [6.45, 7) is 2.84. The van der Waals surface area contributed by atoms with E-state index in [1.54, 1.807) is 0 Å². The molecular weight excluding hydrogens is 206 g/mol. The van der Waals surface area contributed by atoms with Crippen molar-refractivity contribution in [2.45, 2.75) is 13.3 Å². The second-order valence-electron chi connectivity index (χ2n) is 4.39. The largest absolute Gasteiger partial charge is 0.504 e. The monoisotopic (exact) mass is 221 g/mol. The predicted octanol–water partition coefficient (Wildman–Crippen LogP) is 1.48. The van der Waals surface area contributed by atoms with Crippen molar-refractivity contribution in [3.63, 3.8) is 0 Å². The number of carbonyl (C=O) groups excluding carboxylic acids is 1. The summed E-state index contributed by atoms with van der Waals surface area (Å²) in [4.78, 5) is 11.6. The Morgan fingerprint density at radius 2 is 2.12 bits per heavy atom. The van der Waals surface area contributed by atoms with E-state index >= 15 is 0 Å².